The number of carbonyl (C=O) groups is 1. The molecule has 1 saturated carbocycles. The second-order valence-corrected chi connectivity index (χ2v) is 5.60. The van der Waals surface area contributed by atoms with E-state index in [2.05, 4.69) is 20.8 Å². The van der Waals surface area contributed by atoms with Gasteiger partial charge in [-0.2, -0.15) is 0 Å². The zero-order valence-corrected chi connectivity index (χ0v) is 10.1. The Hall–Kier alpha value is -0.570. The Morgan fingerprint density at radius 1 is 1.40 bits per heavy atom. The van der Waals surface area contributed by atoms with E-state index in [1.165, 1.54) is 0 Å². The van der Waals surface area contributed by atoms with Gasteiger partial charge in [-0.1, -0.05) is 20.8 Å². The van der Waals surface area contributed by atoms with E-state index in [1.54, 1.807) is 0 Å². The number of nitrogens with zero attached hydrogens (tertiary/aromatic N) is 1. The molecule has 88 valence electrons. The predicted molar refractivity (Wildman–Crippen MR) is 60.5 cm³/mol. The summed E-state index contributed by atoms with van der Waals surface area (Å²) in [5.41, 5.74) is 0.212. The monoisotopic (exact) mass is 213 g/mol. The van der Waals surface area contributed by atoms with Crippen LogP contribution in [0.5, 0.6) is 0 Å². The number of carbonyl (C=O) groups excluding carboxylic acids is 1. The van der Waals surface area contributed by atoms with Crippen LogP contribution in [-0.2, 0) is 4.79 Å². The Balaban J connectivity index is 2.35. The molecule has 1 N–H and O–H groups in total. The van der Waals surface area contributed by atoms with Crippen molar-refractivity contribution >= 4 is 5.91 Å². The molecule has 0 aromatic heterocycles. The van der Waals surface area contributed by atoms with Crippen molar-refractivity contribution < 1.29 is 9.90 Å². The quantitative estimate of drug-likeness (QED) is 0.756. The van der Waals surface area contributed by atoms with Crippen molar-refractivity contribution in [2.45, 2.75) is 52.5 Å². The largest absolute Gasteiger partial charge is 0.395 e. The summed E-state index contributed by atoms with van der Waals surface area (Å²) in [6.45, 7) is 7.03. The Morgan fingerprint density at radius 2 is 2.00 bits per heavy atom. The first kappa shape index (κ1) is 12.5. The Bertz CT molecular complexity index is 216. The van der Waals surface area contributed by atoms with Gasteiger partial charge in [-0.3, -0.25) is 4.79 Å². The fourth-order valence-electron chi connectivity index (χ4n) is 1.63. The second-order valence-electron chi connectivity index (χ2n) is 5.60. The molecule has 0 radical (unpaired) electrons. The summed E-state index contributed by atoms with van der Waals surface area (Å²) in [7, 11) is 0. The molecule has 0 bridgehead atoms. The van der Waals surface area contributed by atoms with Crippen LogP contribution in [0, 0.1) is 5.41 Å². The normalized spacial score (nSPS) is 16.5. The van der Waals surface area contributed by atoms with E-state index in [1.807, 2.05) is 4.90 Å². The predicted octanol–water partition coefficient (Wildman–Crippen LogP) is 1.80. The molecule has 1 aliphatic carbocycles. The number of hydrogen-bond donors (Lipinski definition) is 1. The van der Waals surface area contributed by atoms with Crippen LogP contribution in [0.1, 0.15) is 46.5 Å². The first-order valence-corrected chi connectivity index (χ1v) is 5.84. The van der Waals surface area contributed by atoms with Gasteiger partial charge in [0, 0.05) is 19.0 Å². The smallest absolute Gasteiger partial charge is 0.222 e. The molecule has 0 atom stereocenters. The van der Waals surface area contributed by atoms with Crippen molar-refractivity contribution in [3.05, 3.63) is 0 Å². The van der Waals surface area contributed by atoms with Crippen LogP contribution in [0.2, 0.25) is 0 Å². The first-order chi connectivity index (χ1) is 6.94. The van der Waals surface area contributed by atoms with Gasteiger partial charge >= 0.3 is 0 Å². The molecule has 0 aromatic carbocycles. The summed E-state index contributed by atoms with van der Waals surface area (Å²) >= 11 is 0. The lowest BCUT2D eigenvalue weighted by Gasteiger charge is -2.24. The first-order valence-electron chi connectivity index (χ1n) is 5.84. The molecule has 0 aliphatic heterocycles. The van der Waals surface area contributed by atoms with E-state index in [-0.39, 0.29) is 17.9 Å². The van der Waals surface area contributed by atoms with E-state index >= 15 is 0 Å². The maximum Gasteiger partial charge on any atom is 0.222 e. The molecule has 1 amide bonds. The minimum atomic E-state index is 0.0811. The van der Waals surface area contributed by atoms with Gasteiger partial charge in [0.15, 0.2) is 0 Å². The highest BCUT2D eigenvalue weighted by molar-refractivity contribution is 5.76. The molecule has 1 rings (SSSR count). The van der Waals surface area contributed by atoms with Crippen LogP contribution in [0.15, 0.2) is 0 Å². The Labute approximate surface area is 92.5 Å². The summed E-state index contributed by atoms with van der Waals surface area (Å²) in [6.07, 6.45) is 3.75. The van der Waals surface area contributed by atoms with Crippen LogP contribution >= 0.6 is 0 Å². The fraction of sp³-hybridized carbons (Fsp3) is 0.917. The minimum Gasteiger partial charge on any atom is -0.395 e. The third kappa shape index (κ3) is 4.65. The average molecular weight is 213 g/mol. The summed E-state index contributed by atoms with van der Waals surface area (Å²) in [5.74, 6) is 0.210. The average Bonchev–Trinajstić information content (AvgIpc) is 2.92. The molecule has 0 unspecified atom stereocenters. The zero-order valence-electron chi connectivity index (χ0n) is 10.1. The van der Waals surface area contributed by atoms with E-state index in [9.17, 15) is 4.79 Å². The van der Waals surface area contributed by atoms with Crippen LogP contribution in [0.3, 0.4) is 0 Å². The maximum absolute atomic E-state index is 11.9. The van der Waals surface area contributed by atoms with E-state index in [0.717, 1.165) is 19.3 Å². The van der Waals surface area contributed by atoms with Gasteiger partial charge in [-0.15, -0.1) is 0 Å². The number of amides is 1. The van der Waals surface area contributed by atoms with E-state index in [0.29, 0.717) is 19.0 Å². The van der Waals surface area contributed by atoms with Crippen molar-refractivity contribution in [3.63, 3.8) is 0 Å². The molecule has 15 heavy (non-hydrogen) atoms. The van der Waals surface area contributed by atoms with Crippen molar-refractivity contribution in [3.8, 4) is 0 Å². The van der Waals surface area contributed by atoms with Crippen molar-refractivity contribution in [1.29, 1.82) is 0 Å². The summed E-state index contributed by atoms with van der Waals surface area (Å²) in [4.78, 5) is 13.7. The number of aliphatic hydroxyl groups is 1. The van der Waals surface area contributed by atoms with Crippen molar-refractivity contribution in [2.24, 2.45) is 5.41 Å². The molecule has 0 aromatic rings. The molecular formula is C12H23NO2. The van der Waals surface area contributed by atoms with Gasteiger partial charge in [0.1, 0.15) is 0 Å². The van der Waals surface area contributed by atoms with Gasteiger partial charge in [-0.05, 0) is 24.7 Å². The minimum absolute atomic E-state index is 0.0811. The third-order valence-corrected chi connectivity index (χ3v) is 2.74. The van der Waals surface area contributed by atoms with Crippen LogP contribution < -0.4 is 0 Å². The number of hydrogen-bond acceptors (Lipinski definition) is 2. The van der Waals surface area contributed by atoms with E-state index in [4.69, 9.17) is 5.11 Å². The molecule has 3 heteroatoms. The van der Waals surface area contributed by atoms with E-state index < -0.39 is 0 Å². The highest BCUT2D eigenvalue weighted by Gasteiger charge is 2.32. The molecule has 0 heterocycles. The zero-order chi connectivity index (χ0) is 11.5. The van der Waals surface area contributed by atoms with Gasteiger partial charge in [0.05, 0.1) is 6.61 Å². The highest BCUT2D eigenvalue weighted by atomic mass is 16.3. The summed E-state index contributed by atoms with van der Waals surface area (Å²) in [5, 5.41) is 8.90. The fourth-order valence-corrected chi connectivity index (χ4v) is 1.63. The van der Waals surface area contributed by atoms with Crippen molar-refractivity contribution in [2.75, 3.05) is 13.2 Å². The lowest BCUT2D eigenvalue weighted by Crippen LogP contribution is -2.35. The van der Waals surface area contributed by atoms with Crippen molar-refractivity contribution in [1.82, 2.24) is 4.90 Å². The van der Waals surface area contributed by atoms with Gasteiger partial charge in [0.2, 0.25) is 5.91 Å². The van der Waals surface area contributed by atoms with Crippen LogP contribution in [0.4, 0.5) is 0 Å². The lowest BCUT2D eigenvalue weighted by molar-refractivity contribution is -0.132. The molecule has 3 nitrogen and oxygen atoms in total. The molecule has 0 saturated heterocycles. The topological polar surface area (TPSA) is 40.5 Å². The number of aliphatic hydroxyl groups excluding tert-OH is 1. The highest BCUT2D eigenvalue weighted by Crippen LogP contribution is 2.28. The van der Waals surface area contributed by atoms with Gasteiger partial charge < -0.3 is 10.0 Å². The van der Waals surface area contributed by atoms with Crippen LogP contribution in [0.25, 0.3) is 0 Å². The van der Waals surface area contributed by atoms with Crippen LogP contribution in [-0.4, -0.2) is 35.1 Å². The molecule has 0 spiro atoms. The molecular weight excluding hydrogens is 190 g/mol. The Morgan fingerprint density at radius 3 is 2.40 bits per heavy atom. The Kier molecular flexibility index (Phi) is 4.14. The SMILES string of the molecule is CC(C)(C)CCC(=O)N(CCO)C1CC1. The lowest BCUT2D eigenvalue weighted by atomic mass is 9.90. The van der Waals surface area contributed by atoms with Gasteiger partial charge in [-0.25, -0.2) is 0 Å². The molecule has 1 aliphatic rings. The molecule has 1 fully saturated rings. The number of rotatable bonds is 5. The second kappa shape index (κ2) is 4.97. The summed E-state index contributed by atoms with van der Waals surface area (Å²) in [6, 6.07) is 0.421. The van der Waals surface area contributed by atoms with Gasteiger partial charge in [0.25, 0.3) is 0 Å². The summed E-state index contributed by atoms with van der Waals surface area (Å²) < 4.78 is 0. The maximum atomic E-state index is 11.9. The third-order valence-electron chi connectivity index (χ3n) is 2.74. The standard InChI is InChI=1S/C12H23NO2/c1-12(2,3)7-6-11(15)13(8-9-14)10-4-5-10/h10,14H,4-9H2,1-3H3.